The zero-order valence-electron chi connectivity index (χ0n) is 18.5. The molecule has 0 bridgehead atoms. The second-order valence-electron chi connectivity index (χ2n) is 7.64. The summed E-state index contributed by atoms with van der Waals surface area (Å²) in [7, 11) is -1.76. The molecule has 0 aromatic carbocycles. The van der Waals surface area contributed by atoms with Crippen molar-refractivity contribution in [2.24, 2.45) is 5.92 Å². The van der Waals surface area contributed by atoms with Crippen molar-refractivity contribution in [3.05, 3.63) is 25.7 Å². The highest BCUT2D eigenvalue weighted by Gasteiger charge is 2.30. The molecule has 2 atom stereocenters. The Balaban J connectivity index is 2.85. The predicted molar refractivity (Wildman–Crippen MR) is 120 cm³/mol. The second-order valence-corrected chi connectivity index (χ2v) is 8.85. The number of nitrogens with zero attached hydrogens (tertiary/aromatic N) is 2. The summed E-state index contributed by atoms with van der Waals surface area (Å²) in [5.74, 6) is -2.40. The molecule has 1 rings (SSSR count). The highest BCUT2D eigenvalue weighted by molar-refractivity contribution is 7.13. The van der Waals surface area contributed by atoms with Gasteiger partial charge < -0.3 is 26.0 Å². The second kappa shape index (κ2) is 12.9. The first-order chi connectivity index (χ1) is 14.9. The van der Waals surface area contributed by atoms with E-state index in [2.05, 4.69) is 20.9 Å². The molecule has 0 aliphatic rings. The van der Waals surface area contributed by atoms with Gasteiger partial charge in [0.25, 0.3) is 11.9 Å². The maximum absolute atomic E-state index is 12.8. The van der Waals surface area contributed by atoms with Crippen molar-refractivity contribution in [1.82, 2.24) is 26.4 Å². The summed E-state index contributed by atoms with van der Waals surface area (Å²) in [4.78, 5) is 40.4. The molecule has 32 heavy (non-hydrogen) atoms. The first kappa shape index (κ1) is 27.3. The molecule has 1 aromatic rings. The standard InChI is InChI=1S/C17H30BN7O6S/c1-9(2)8-13(18(28)29)23-15(26)12(6-5-7-20-17(19)24-25(30)31)22-16(27)14-10(3)21-11(4)32-14/h9,12-13,28-29H,5-8H2,1-4H3,(H,22,27)(H,23,26)(H3,19,20,24)/t12-,13-/m0/s1. The molecular formula is C17H30BN7O6S. The van der Waals surface area contributed by atoms with Crippen LogP contribution in [0.15, 0.2) is 0 Å². The van der Waals surface area contributed by atoms with E-state index in [4.69, 9.17) is 5.41 Å². The van der Waals surface area contributed by atoms with Gasteiger partial charge in [-0.05, 0) is 39.0 Å². The van der Waals surface area contributed by atoms with E-state index in [1.54, 1.807) is 19.3 Å². The number of rotatable bonds is 12. The van der Waals surface area contributed by atoms with Gasteiger partial charge >= 0.3 is 7.12 Å². The number of thiazole rings is 1. The zero-order valence-corrected chi connectivity index (χ0v) is 19.3. The molecule has 7 N–H and O–H groups in total. The Morgan fingerprint density at radius 2 is 1.94 bits per heavy atom. The summed E-state index contributed by atoms with van der Waals surface area (Å²) in [5.41, 5.74) is 2.19. The smallest absolute Gasteiger partial charge is 0.426 e. The number of nitrogens with one attached hydrogen (secondary N) is 5. The Hall–Kier alpha value is -2.78. The first-order valence-corrected chi connectivity index (χ1v) is 10.9. The van der Waals surface area contributed by atoms with Gasteiger partial charge in [-0.15, -0.1) is 11.3 Å². The number of carbonyl (C=O) groups is 2. The molecule has 13 nitrogen and oxygen atoms in total. The van der Waals surface area contributed by atoms with E-state index < -0.39 is 41.9 Å². The van der Waals surface area contributed by atoms with Crippen LogP contribution in [0, 0.1) is 35.3 Å². The van der Waals surface area contributed by atoms with Gasteiger partial charge in [0.1, 0.15) is 10.9 Å². The van der Waals surface area contributed by atoms with Crippen LogP contribution in [0.25, 0.3) is 0 Å². The third kappa shape index (κ3) is 9.57. The number of hydrogen-bond acceptors (Lipinski definition) is 9. The predicted octanol–water partition coefficient (Wildman–Crippen LogP) is -0.513. The van der Waals surface area contributed by atoms with Crippen molar-refractivity contribution in [2.75, 3.05) is 6.54 Å². The maximum Gasteiger partial charge on any atom is 0.475 e. The molecule has 0 unspecified atom stereocenters. The lowest BCUT2D eigenvalue weighted by Crippen LogP contribution is -2.54. The lowest BCUT2D eigenvalue weighted by molar-refractivity contribution is -0.525. The molecule has 0 saturated carbocycles. The number of carbonyl (C=O) groups excluding carboxylic acids is 2. The molecule has 0 aliphatic heterocycles. The highest BCUT2D eigenvalue weighted by atomic mass is 32.1. The molecular weight excluding hydrogens is 441 g/mol. The molecule has 2 amide bonds. The van der Waals surface area contributed by atoms with E-state index in [1.165, 1.54) is 11.3 Å². The Labute approximate surface area is 190 Å². The van der Waals surface area contributed by atoms with Crippen molar-refractivity contribution >= 4 is 36.2 Å². The molecule has 1 heterocycles. The number of amides is 2. The van der Waals surface area contributed by atoms with E-state index in [0.717, 1.165) is 0 Å². The van der Waals surface area contributed by atoms with E-state index in [1.807, 2.05) is 13.8 Å². The van der Waals surface area contributed by atoms with Crippen LogP contribution >= 0.6 is 11.3 Å². The van der Waals surface area contributed by atoms with Crippen LogP contribution in [-0.4, -0.2) is 63.5 Å². The van der Waals surface area contributed by atoms with Crippen LogP contribution in [0.4, 0.5) is 0 Å². The normalized spacial score (nSPS) is 12.6. The van der Waals surface area contributed by atoms with E-state index in [9.17, 15) is 29.8 Å². The molecule has 0 aliphatic carbocycles. The van der Waals surface area contributed by atoms with E-state index >= 15 is 0 Å². The van der Waals surface area contributed by atoms with Crippen LogP contribution in [0.2, 0.25) is 0 Å². The SMILES string of the molecule is Cc1nc(C)c(C(=O)N[C@@H](CCCNC(=N)N[N+](=O)[O-])C(=O)N[C@@H](CC(C)C)B(O)O)s1. The highest BCUT2D eigenvalue weighted by Crippen LogP contribution is 2.17. The molecule has 0 saturated heterocycles. The monoisotopic (exact) mass is 471 g/mol. The molecule has 15 heteroatoms. The van der Waals surface area contributed by atoms with Crippen LogP contribution < -0.4 is 21.4 Å². The van der Waals surface area contributed by atoms with Crippen LogP contribution in [0.1, 0.15) is 53.5 Å². The fourth-order valence-corrected chi connectivity index (χ4v) is 3.75. The minimum atomic E-state index is -1.76. The van der Waals surface area contributed by atoms with Gasteiger partial charge in [0, 0.05) is 6.54 Å². The van der Waals surface area contributed by atoms with Crippen molar-refractivity contribution in [2.45, 2.75) is 58.9 Å². The molecule has 178 valence electrons. The Kier molecular flexibility index (Phi) is 11.0. The van der Waals surface area contributed by atoms with Gasteiger partial charge in [0.2, 0.25) is 5.91 Å². The van der Waals surface area contributed by atoms with Crippen LogP contribution in [0.3, 0.4) is 0 Å². The van der Waals surface area contributed by atoms with Gasteiger partial charge in [-0.2, -0.15) is 0 Å². The van der Waals surface area contributed by atoms with Crippen LogP contribution in [-0.2, 0) is 4.79 Å². The van der Waals surface area contributed by atoms with Crippen molar-refractivity contribution in [1.29, 1.82) is 5.41 Å². The average Bonchev–Trinajstić information content (AvgIpc) is 3.00. The Morgan fingerprint density at radius 3 is 2.44 bits per heavy atom. The van der Waals surface area contributed by atoms with Crippen molar-refractivity contribution in [3.8, 4) is 0 Å². The third-order valence-electron chi connectivity index (χ3n) is 4.32. The quantitative estimate of drug-likeness (QED) is 0.0523. The van der Waals surface area contributed by atoms with E-state index in [0.29, 0.717) is 22.0 Å². The number of nitro groups is 1. The maximum atomic E-state index is 12.8. The van der Waals surface area contributed by atoms with Gasteiger partial charge in [-0.25, -0.2) is 15.1 Å². The van der Waals surface area contributed by atoms with Gasteiger partial charge in [0.05, 0.1) is 16.6 Å². The lowest BCUT2D eigenvalue weighted by Gasteiger charge is -2.24. The molecule has 1 aromatic heterocycles. The van der Waals surface area contributed by atoms with Gasteiger partial charge in [0.15, 0.2) is 5.03 Å². The summed E-state index contributed by atoms with van der Waals surface area (Å²) in [6, 6.07) is -1.00. The summed E-state index contributed by atoms with van der Waals surface area (Å²) in [6.07, 6.45) is 0.753. The minimum absolute atomic E-state index is 0.0854. The molecule has 0 radical (unpaired) electrons. The fraction of sp³-hybridized carbons (Fsp3) is 0.647. The van der Waals surface area contributed by atoms with Crippen molar-refractivity contribution in [3.63, 3.8) is 0 Å². The zero-order chi connectivity index (χ0) is 24.4. The fourth-order valence-electron chi connectivity index (χ4n) is 2.93. The minimum Gasteiger partial charge on any atom is -0.426 e. The average molecular weight is 471 g/mol. The molecule has 0 spiro atoms. The lowest BCUT2D eigenvalue weighted by atomic mass is 9.75. The number of aromatic nitrogens is 1. The summed E-state index contributed by atoms with van der Waals surface area (Å²) in [5, 5.41) is 44.4. The Morgan fingerprint density at radius 1 is 1.28 bits per heavy atom. The number of hydrazine groups is 1. The first-order valence-electron chi connectivity index (χ1n) is 10.1. The largest absolute Gasteiger partial charge is 0.475 e. The van der Waals surface area contributed by atoms with Crippen LogP contribution in [0.5, 0.6) is 0 Å². The summed E-state index contributed by atoms with van der Waals surface area (Å²) < 4.78 is 0. The van der Waals surface area contributed by atoms with E-state index in [-0.39, 0.29) is 25.3 Å². The van der Waals surface area contributed by atoms with Gasteiger partial charge in [-0.1, -0.05) is 19.3 Å². The summed E-state index contributed by atoms with van der Waals surface area (Å²) >= 11 is 1.19. The summed E-state index contributed by atoms with van der Waals surface area (Å²) in [6.45, 7) is 7.32. The number of hydrogen-bond donors (Lipinski definition) is 7. The topological polar surface area (TPSA) is 203 Å². The van der Waals surface area contributed by atoms with Crippen molar-refractivity contribution < 1.29 is 24.7 Å². The molecule has 0 fully saturated rings. The number of guanidine groups is 1. The Bertz CT molecular complexity index is 819. The third-order valence-corrected chi connectivity index (χ3v) is 5.39. The number of aryl methyl sites for hydroxylation is 2. The van der Waals surface area contributed by atoms with Gasteiger partial charge in [-0.3, -0.25) is 15.0 Å².